The van der Waals surface area contributed by atoms with Crippen LogP contribution in [0.4, 0.5) is 0 Å². The number of hydrogen-bond donors (Lipinski definition) is 0. The van der Waals surface area contributed by atoms with Crippen LogP contribution < -0.4 is 4.74 Å². The van der Waals surface area contributed by atoms with Crippen molar-refractivity contribution in [3.05, 3.63) is 83.4 Å². The Morgan fingerprint density at radius 3 is 2.50 bits per heavy atom. The highest BCUT2D eigenvalue weighted by Crippen LogP contribution is 2.50. The molecule has 5 rings (SSSR count). The van der Waals surface area contributed by atoms with Crippen molar-refractivity contribution in [2.45, 2.75) is 38.0 Å². The molecule has 0 bridgehead atoms. The number of carbonyl (C=O) groups excluding carboxylic acids is 2. The van der Waals surface area contributed by atoms with Crippen LogP contribution in [0.3, 0.4) is 0 Å². The number of rotatable bonds is 7. The number of ether oxygens (including phenoxy) is 2. The van der Waals surface area contributed by atoms with Crippen LogP contribution in [0.25, 0.3) is 16.5 Å². The number of benzene rings is 3. The molecule has 0 aromatic heterocycles. The van der Waals surface area contributed by atoms with Crippen LogP contribution in [0.5, 0.6) is 5.75 Å². The van der Waals surface area contributed by atoms with E-state index in [1.165, 1.54) is 11.8 Å². The highest BCUT2D eigenvalue weighted by molar-refractivity contribution is 8.15. The van der Waals surface area contributed by atoms with Crippen molar-refractivity contribution in [2.24, 2.45) is 4.99 Å². The number of thioether (sulfide) groups is 1. The number of aliphatic imine (C=N–C) groups is 1. The van der Waals surface area contributed by atoms with Crippen LogP contribution in [0, 0.1) is 0 Å². The second kappa shape index (κ2) is 10.2. The van der Waals surface area contributed by atoms with Crippen molar-refractivity contribution < 1.29 is 19.1 Å². The molecule has 0 unspecified atom stereocenters. The number of amidine groups is 1. The van der Waals surface area contributed by atoms with E-state index in [9.17, 15) is 9.59 Å². The van der Waals surface area contributed by atoms with E-state index in [1.54, 1.807) is 18.9 Å². The average molecular weight is 501 g/mol. The molecule has 2 heterocycles. The summed E-state index contributed by atoms with van der Waals surface area (Å²) in [5.74, 6) is 0.0660. The summed E-state index contributed by atoms with van der Waals surface area (Å²) in [6, 6.07) is 20.7. The van der Waals surface area contributed by atoms with Crippen LogP contribution in [0.1, 0.15) is 43.9 Å². The summed E-state index contributed by atoms with van der Waals surface area (Å²) in [6.07, 6.45) is 1.60. The van der Waals surface area contributed by atoms with Crippen LogP contribution in [0.2, 0.25) is 0 Å². The number of fused-ring (bicyclic) bond motifs is 2. The number of carbonyl (C=O) groups is 2. The van der Waals surface area contributed by atoms with Gasteiger partial charge >= 0.3 is 5.97 Å². The fourth-order valence-corrected chi connectivity index (χ4v) is 6.18. The van der Waals surface area contributed by atoms with Crippen LogP contribution in [-0.2, 0) is 14.3 Å². The predicted octanol–water partition coefficient (Wildman–Crippen LogP) is 5.98. The SMILES string of the molecule is CCC[C@H]1SC2=NC(c3ccccc3)=C(C(=O)OCC)[C@@H](c3c(OC)ccc4ccccc34)N2C1=O. The lowest BCUT2D eigenvalue weighted by atomic mass is 9.88. The van der Waals surface area contributed by atoms with E-state index in [4.69, 9.17) is 14.5 Å². The molecular weight excluding hydrogens is 472 g/mol. The van der Waals surface area contributed by atoms with Gasteiger partial charge in [-0.15, -0.1) is 0 Å². The zero-order valence-corrected chi connectivity index (χ0v) is 21.4. The fourth-order valence-electron chi connectivity index (χ4n) is 4.90. The van der Waals surface area contributed by atoms with Crippen LogP contribution in [0.15, 0.2) is 77.3 Å². The Kier molecular flexibility index (Phi) is 6.83. The quantitative estimate of drug-likeness (QED) is 0.374. The summed E-state index contributed by atoms with van der Waals surface area (Å²) in [4.78, 5) is 34.1. The molecule has 3 aromatic carbocycles. The van der Waals surface area contributed by atoms with Gasteiger partial charge in [-0.2, -0.15) is 0 Å². The molecule has 7 heteroatoms. The molecule has 2 aliphatic heterocycles. The summed E-state index contributed by atoms with van der Waals surface area (Å²) in [7, 11) is 1.61. The molecule has 0 saturated carbocycles. The van der Waals surface area contributed by atoms with Gasteiger partial charge in [0, 0.05) is 11.1 Å². The molecule has 0 N–H and O–H groups in total. The number of amides is 1. The van der Waals surface area contributed by atoms with Crippen molar-refractivity contribution in [2.75, 3.05) is 13.7 Å². The van der Waals surface area contributed by atoms with Gasteiger partial charge in [0.2, 0.25) is 5.91 Å². The molecule has 1 fully saturated rings. The summed E-state index contributed by atoms with van der Waals surface area (Å²) < 4.78 is 11.4. The van der Waals surface area contributed by atoms with Crippen molar-refractivity contribution in [3.8, 4) is 5.75 Å². The normalized spacial score (nSPS) is 19.4. The minimum absolute atomic E-state index is 0.0468. The lowest BCUT2D eigenvalue weighted by Crippen LogP contribution is -2.41. The first-order chi connectivity index (χ1) is 17.6. The zero-order chi connectivity index (χ0) is 25.2. The van der Waals surface area contributed by atoms with E-state index in [2.05, 4.69) is 6.92 Å². The molecular formula is C29H28N2O4S. The highest BCUT2D eigenvalue weighted by atomic mass is 32.2. The first-order valence-corrected chi connectivity index (χ1v) is 13.1. The molecule has 3 aromatic rings. The van der Waals surface area contributed by atoms with E-state index >= 15 is 0 Å². The molecule has 0 aliphatic carbocycles. The Labute approximate surface area is 215 Å². The van der Waals surface area contributed by atoms with Crippen LogP contribution >= 0.6 is 11.8 Å². The summed E-state index contributed by atoms with van der Waals surface area (Å²) in [5.41, 5.74) is 2.42. The molecule has 36 heavy (non-hydrogen) atoms. The minimum atomic E-state index is -0.741. The van der Waals surface area contributed by atoms with Crippen molar-refractivity contribution in [1.29, 1.82) is 0 Å². The van der Waals surface area contributed by atoms with E-state index in [0.717, 1.165) is 34.7 Å². The molecule has 184 valence electrons. The van der Waals surface area contributed by atoms with Gasteiger partial charge in [-0.1, -0.05) is 85.8 Å². The van der Waals surface area contributed by atoms with Gasteiger partial charge in [0.05, 0.1) is 30.2 Å². The van der Waals surface area contributed by atoms with Gasteiger partial charge in [-0.05, 0) is 30.2 Å². The topological polar surface area (TPSA) is 68.2 Å². The number of esters is 1. The molecule has 0 radical (unpaired) electrons. The van der Waals surface area contributed by atoms with Gasteiger partial charge in [0.25, 0.3) is 0 Å². The third kappa shape index (κ3) is 4.07. The van der Waals surface area contributed by atoms with Gasteiger partial charge < -0.3 is 9.47 Å². The number of hydrogen-bond acceptors (Lipinski definition) is 6. The maximum Gasteiger partial charge on any atom is 0.338 e. The monoisotopic (exact) mass is 500 g/mol. The van der Waals surface area contributed by atoms with E-state index in [0.29, 0.717) is 22.2 Å². The molecule has 1 saturated heterocycles. The molecule has 1 amide bonds. The highest BCUT2D eigenvalue weighted by Gasteiger charge is 2.49. The van der Waals surface area contributed by atoms with E-state index in [1.807, 2.05) is 66.7 Å². The summed E-state index contributed by atoms with van der Waals surface area (Å²) in [6.45, 7) is 4.05. The van der Waals surface area contributed by atoms with Gasteiger partial charge in [0.1, 0.15) is 11.8 Å². The van der Waals surface area contributed by atoms with E-state index in [-0.39, 0.29) is 17.8 Å². The Hall–Kier alpha value is -3.58. The Morgan fingerprint density at radius 1 is 1.03 bits per heavy atom. The minimum Gasteiger partial charge on any atom is -0.496 e. The summed E-state index contributed by atoms with van der Waals surface area (Å²) in [5, 5.41) is 2.25. The molecule has 6 nitrogen and oxygen atoms in total. The second-order valence-corrected chi connectivity index (χ2v) is 9.82. The fraction of sp³-hybridized carbons (Fsp3) is 0.276. The first kappa shape index (κ1) is 24.1. The molecule has 0 spiro atoms. The average Bonchev–Trinajstić information content (AvgIpc) is 3.22. The third-order valence-corrected chi connectivity index (χ3v) is 7.70. The Morgan fingerprint density at radius 2 is 1.78 bits per heavy atom. The second-order valence-electron chi connectivity index (χ2n) is 8.65. The Bertz CT molecular complexity index is 1380. The largest absolute Gasteiger partial charge is 0.496 e. The lowest BCUT2D eigenvalue weighted by Gasteiger charge is -2.35. The van der Waals surface area contributed by atoms with Crippen molar-refractivity contribution in [3.63, 3.8) is 0 Å². The smallest absolute Gasteiger partial charge is 0.338 e. The Balaban J connectivity index is 1.85. The van der Waals surface area contributed by atoms with Crippen molar-refractivity contribution in [1.82, 2.24) is 4.90 Å². The first-order valence-electron chi connectivity index (χ1n) is 12.2. The lowest BCUT2D eigenvalue weighted by molar-refractivity contribution is -0.139. The van der Waals surface area contributed by atoms with Gasteiger partial charge in [-0.3, -0.25) is 9.69 Å². The summed E-state index contributed by atoms with van der Waals surface area (Å²) >= 11 is 1.47. The standard InChI is InChI=1S/C29H28N2O4S/c1-4-11-22-27(32)31-26(23-20-15-10-9-12-18(20)16-17-21(23)34-3)24(28(33)35-5-2)25(30-29(31)36-22)19-13-7-6-8-14-19/h6-10,12-17,22,26H,4-5,11H2,1-3H3/t22-,26-/m1/s1. The van der Waals surface area contributed by atoms with Crippen LogP contribution in [-0.4, -0.2) is 40.9 Å². The van der Waals surface area contributed by atoms with Gasteiger partial charge in [-0.25, -0.2) is 9.79 Å². The molecule has 2 aliphatic rings. The molecule has 2 atom stereocenters. The van der Waals surface area contributed by atoms with Gasteiger partial charge in [0.15, 0.2) is 5.17 Å². The zero-order valence-electron chi connectivity index (χ0n) is 20.6. The predicted molar refractivity (Wildman–Crippen MR) is 144 cm³/mol. The third-order valence-electron chi connectivity index (χ3n) is 6.48. The maximum absolute atomic E-state index is 13.8. The van der Waals surface area contributed by atoms with E-state index < -0.39 is 12.0 Å². The number of methoxy groups -OCH3 is 1. The van der Waals surface area contributed by atoms with Crippen molar-refractivity contribution >= 4 is 45.3 Å². The maximum atomic E-state index is 13.8. The number of nitrogens with zero attached hydrogens (tertiary/aromatic N) is 2.